The monoisotopic (exact) mass is 366 g/mol. The van der Waals surface area contributed by atoms with Gasteiger partial charge in [-0.1, -0.05) is 0 Å². The van der Waals surface area contributed by atoms with E-state index >= 15 is 0 Å². The molecule has 0 aromatic carbocycles. The molecule has 7 nitrogen and oxygen atoms in total. The van der Waals surface area contributed by atoms with Crippen molar-refractivity contribution in [2.45, 2.75) is 36.1 Å². The third-order valence-electron chi connectivity index (χ3n) is 4.85. The maximum atomic E-state index is 12.7. The number of sulfonamides is 1. The number of imidazole rings is 1. The summed E-state index contributed by atoms with van der Waals surface area (Å²) in [7, 11) is -3.67. The molecule has 128 valence electrons. The Morgan fingerprint density at radius 3 is 2.83 bits per heavy atom. The summed E-state index contributed by atoms with van der Waals surface area (Å²) in [6, 6.07) is 1.97. The predicted octanol–water partition coefficient (Wildman–Crippen LogP) is 1.13. The van der Waals surface area contributed by atoms with Gasteiger partial charge in [-0.25, -0.2) is 18.5 Å². The largest absolute Gasteiger partial charge is 0.338 e. The minimum Gasteiger partial charge on any atom is -0.338 e. The van der Waals surface area contributed by atoms with Gasteiger partial charge in [0.1, 0.15) is 4.21 Å². The first-order chi connectivity index (χ1) is 11.4. The summed E-state index contributed by atoms with van der Waals surface area (Å²) in [5.74, 6) is 0.218. The summed E-state index contributed by atoms with van der Waals surface area (Å²) in [5, 5.41) is 5.20. The zero-order valence-electron chi connectivity index (χ0n) is 13.0. The Kier molecular flexibility index (Phi) is 3.74. The number of hydrogen-bond donors (Lipinski definition) is 1. The van der Waals surface area contributed by atoms with Gasteiger partial charge in [0, 0.05) is 42.3 Å². The Hall–Kier alpha value is -1.71. The highest BCUT2D eigenvalue weighted by molar-refractivity contribution is 7.91. The van der Waals surface area contributed by atoms with Gasteiger partial charge in [-0.2, -0.15) is 0 Å². The van der Waals surface area contributed by atoms with E-state index in [1.807, 2.05) is 11.1 Å². The third-order valence-corrected chi connectivity index (χ3v) is 7.50. The fourth-order valence-electron chi connectivity index (χ4n) is 3.41. The third kappa shape index (κ3) is 2.76. The van der Waals surface area contributed by atoms with Crippen molar-refractivity contribution >= 4 is 27.3 Å². The van der Waals surface area contributed by atoms with E-state index in [4.69, 9.17) is 5.14 Å². The molecule has 9 heteroatoms. The summed E-state index contributed by atoms with van der Waals surface area (Å²) in [6.07, 6.45) is 7.84. The van der Waals surface area contributed by atoms with Crippen LogP contribution in [-0.2, 0) is 27.8 Å². The van der Waals surface area contributed by atoms with Gasteiger partial charge in [0.25, 0.3) is 0 Å². The molecule has 4 rings (SSSR count). The average Bonchev–Trinajstić information content (AvgIpc) is 3.13. The van der Waals surface area contributed by atoms with Gasteiger partial charge in [-0.05, 0) is 30.9 Å². The fraction of sp³-hybridized carbons (Fsp3) is 0.467. The van der Waals surface area contributed by atoms with Crippen molar-refractivity contribution in [3.8, 4) is 0 Å². The van der Waals surface area contributed by atoms with Gasteiger partial charge in [0.2, 0.25) is 15.9 Å². The molecule has 1 amide bonds. The Balaban J connectivity index is 1.42. The summed E-state index contributed by atoms with van der Waals surface area (Å²) < 4.78 is 25.2. The van der Waals surface area contributed by atoms with Gasteiger partial charge in [-0.15, -0.1) is 11.3 Å². The van der Waals surface area contributed by atoms with E-state index in [0.717, 1.165) is 23.3 Å². The molecule has 2 aromatic heterocycles. The molecule has 0 atom stereocenters. The molecule has 0 radical (unpaired) electrons. The lowest BCUT2D eigenvalue weighted by atomic mass is 9.79. The number of carbonyl (C=O) groups is 1. The number of thiophene rings is 1. The molecule has 0 spiro atoms. The second-order valence-electron chi connectivity index (χ2n) is 6.40. The van der Waals surface area contributed by atoms with E-state index in [0.29, 0.717) is 25.6 Å². The lowest BCUT2D eigenvalue weighted by Crippen LogP contribution is -2.44. The van der Waals surface area contributed by atoms with Crippen molar-refractivity contribution in [1.82, 2.24) is 14.5 Å². The second-order valence-corrected chi connectivity index (χ2v) is 9.33. The quantitative estimate of drug-likeness (QED) is 0.880. The Morgan fingerprint density at radius 1 is 1.38 bits per heavy atom. The number of nitrogens with two attached hydrogens (primary N) is 1. The van der Waals surface area contributed by atoms with Gasteiger partial charge >= 0.3 is 0 Å². The Labute approximate surface area is 144 Å². The van der Waals surface area contributed by atoms with E-state index in [-0.39, 0.29) is 16.0 Å². The van der Waals surface area contributed by atoms with Crippen LogP contribution in [0.25, 0.3) is 0 Å². The van der Waals surface area contributed by atoms with Crippen LogP contribution in [0.1, 0.15) is 29.3 Å². The molecule has 24 heavy (non-hydrogen) atoms. The number of carbonyl (C=O) groups excluding carboxylic acids is 1. The number of aromatic nitrogens is 2. The van der Waals surface area contributed by atoms with Gasteiger partial charge in [0.05, 0.1) is 6.33 Å². The summed E-state index contributed by atoms with van der Waals surface area (Å²) in [6.45, 7) is 1.12. The number of rotatable bonds is 3. The van der Waals surface area contributed by atoms with E-state index in [2.05, 4.69) is 9.55 Å². The van der Waals surface area contributed by atoms with Crippen molar-refractivity contribution in [2.75, 3.05) is 6.54 Å². The van der Waals surface area contributed by atoms with Crippen LogP contribution in [0, 0.1) is 5.92 Å². The molecule has 0 saturated heterocycles. The van der Waals surface area contributed by atoms with Crippen LogP contribution >= 0.6 is 11.3 Å². The SMILES string of the molecule is NS(=O)(=O)c1cc2c(s1)CCN(C(=O)C1CC(n3ccnc3)C1)C2. The smallest absolute Gasteiger partial charge is 0.247 e. The first-order valence-corrected chi connectivity index (χ1v) is 10.2. The highest BCUT2D eigenvalue weighted by Gasteiger charge is 2.38. The predicted molar refractivity (Wildman–Crippen MR) is 88.8 cm³/mol. The molecular weight excluding hydrogens is 348 g/mol. The van der Waals surface area contributed by atoms with E-state index < -0.39 is 10.0 Å². The lowest BCUT2D eigenvalue weighted by molar-refractivity contribution is -0.140. The van der Waals surface area contributed by atoms with Crippen molar-refractivity contribution in [3.63, 3.8) is 0 Å². The standard InChI is InChI=1S/C15H18N4O3S2/c16-24(21,22)14-7-11-8-18(3-1-13(11)23-14)15(20)10-5-12(6-10)19-4-2-17-9-19/h2,4,7,9-10,12H,1,3,5-6,8H2,(H2,16,21,22). The van der Waals surface area contributed by atoms with Gasteiger partial charge in [0.15, 0.2) is 0 Å². The number of amides is 1. The summed E-state index contributed by atoms with van der Waals surface area (Å²) >= 11 is 1.22. The molecule has 1 aliphatic heterocycles. The van der Waals surface area contributed by atoms with Gasteiger partial charge < -0.3 is 9.47 Å². The lowest BCUT2D eigenvalue weighted by Gasteiger charge is -2.39. The Morgan fingerprint density at radius 2 is 2.17 bits per heavy atom. The number of hydrogen-bond acceptors (Lipinski definition) is 5. The van der Waals surface area contributed by atoms with Crippen LogP contribution in [0.3, 0.4) is 0 Å². The normalized spacial score (nSPS) is 23.6. The molecule has 2 N–H and O–H groups in total. The second kappa shape index (κ2) is 5.68. The first kappa shape index (κ1) is 15.8. The molecule has 1 aliphatic carbocycles. The number of primary sulfonamides is 1. The summed E-state index contributed by atoms with van der Waals surface area (Å²) in [4.78, 5) is 19.6. The van der Waals surface area contributed by atoms with E-state index in [1.54, 1.807) is 18.6 Å². The highest BCUT2D eigenvalue weighted by atomic mass is 32.2. The maximum Gasteiger partial charge on any atom is 0.247 e. The zero-order valence-corrected chi connectivity index (χ0v) is 14.6. The minimum absolute atomic E-state index is 0.0512. The molecule has 0 unspecified atom stereocenters. The minimum atomic E-state index is -3.67. The van der Waals surface area contributed by atoms with E-state index in [9.17, 15) is 13.2 Å². The molecule has 0 bridgehead atoms. The van der Waals surface area contributed by atoms with Crippen molar-refractivity contribution in [3.05, 3.63) is 35.2 Å². The average molecular weight is 366 g/mol. The molecule has 1 saturated carbocycles. The molecule has 2 aliphatic rings. The highest BCUT2D eigenvalue weighted by Crippen LogP contribution is 2.40. The first-order valence-electron chi connectivity index (χ1n) is 7.82. The van der Waals surface area contributed by atoms with Gasteiger partial charge in [-0.3, -0.25) is 4.79 Å². The van der Waals surface area contributed by atoms with E-state index in [1.165, 1.54) is 11.3 Å². The van der Waals surface area contributed by atoms with Crippen LogP contribution in [0.15, 0.2) is 29.0 Å². The van der Waals surface area contributed by atoms with Crippen LogP contribution < -0.4 is 5.14 Å². The molecule has 2 aromatic rings. The molecular formula is C15H18N4O3S2. The topological polar surface area (TPSA) is 98.3 Å². The fourth-order valence-corrected chi connectivity index (χ4v) is 5.38. The zero-order chi connectivity index (χ0) is 16.9. The summed E-state index contributed by atoms with van der Waals surface area (Å²) in [5.41, 5.74) is 0.911. The van der Waals surface area contributed by atoms with Crippen LogP contribution in [0.5, 0.6) is 0 Å². The van der Waals surface area contributed by atoms with Crippen molar-refractivity contribution in [2.24, 2.45) is 11.1 Å². The molecule has 3 heterocycles. The van der Waals surface area contributed by atoms with Crippen LogP contribution in [0.4, 0.5) is 0 Å². The van der Waals surface area contributed by atoms with Crippen LogP contribution in [-0.4, -0.2) is 35.3 Å². The molecule has 1 fully saturated rings. The van der Waals surface area contributed by atoms with Crippen LogP contribution in [0.2, 0.25) is 0 Å². The van der Waals surface area contributed by atoms with Crippen molar-refractivity contribution in [1.29, 1.82) is 0 Å². The number of nitrogens with zero attached hydrogens (tertiary/aromatic N) is 3. The Bertz CT molecular complexity index is 867. The maximum absolute atomic E-state index is 12.7. The van der Waals surface area contributed by atoms with Crippen molar-refractivity contribution < 1.29 is 13.2 Å². The number of fused-ring (bicyclic) bond motifs is 1.